The van der Waals surface area contributed by atoms with E-state index in [0.29, 0.717) is 18.2 Å². The van der Waals surface area contributed by atoms with Gasteiger partial charge in [0.25, 0.3) is 0 Å². The van der Waals surface area contributed by atoms with Gasteiger partial charge in [0.05, 0.1) is 18.0 Å². The molecule has 1 aliphatic rings. The molecule has 0 spiro atoms. The standard InChI is InChI=1S/C12H19N3O2S/c1-15(9-12-8-13-6-7-14-12)18(16,17)10-11-4-2-3-5-11/h6-8,11H,2-5,9-10H2,1H3. The lowest BCUT2D eigenvalue weighted by Gasteiger charge is -2.19. The Morgan fingerprint density at radius 3 is 2.67 bits per heavy atom. The van der Waals surface area contributed by atoms with E-state index in [1.54, 1.807) is 25.6 Å². The molecule has 0 saturated heterocycles. The fourth-order valence-corrected chi connectivity index (χ4v) is 3.85. The molecule has 0 amide bonds. The molecule has 0 aliphatic heterocycles. The maximum atomic E-state index is 12.2. The van der Waals surface area contributed by atoms with Crippen LogP contribution in [0, 0.1) is 5.92 Å². The summed E-state index contributed by atoms with van der Waals surface area (Å²) in [4.78, 5) is 8.03. The van der Waals surface area contributed by atoms with Crippen LogP contribution in [0.1, 0.15) is 31.4 Å². The zero-order valence-electron chi connectivity index (χ0n) is 10.6. The predicted octanol–water partition coefficient (Wildman–Crippen LogP) is 1.43. The first-order valence-electron chi connectivity index (χ1n) is 6.27. The molecule has 6 heteroatoms. The third-order valence-electron chi connectivity index (χ3n) is 3.40. The van der Waals surface area contributed by atoms with Crippen LogP contribution in [0.3, 0.4) is 0 Å². The Hall–Kier alpha value is -1.01. The molecule has 0 atom stereocenters. The minimum absolute atomic E-state index is 0.268. The summed E-state index contributed by atoms with van der Waals surface area (Å²) in [5.74, 6) is 0.600. The summed E-state index contributed by atoms with van der Waals surface area (Å²) in [5, 5.41) is 0. The Morgan fingerprint density at radius 2 is 2.06 bits per heavy atom. The van der Waals surface area contributed by atoms with Crippen LogP contribution >= 0.6 is 0 Å². The van der Waals surface area contributed by atoms with Gasteiger partial charge < -0.3 is 0 Å². The molecule has 1 aliphatic carbocycles. The normalized spacial score (nSPS) is 17.4. The van der Waals surface area contributed by atoms with Crippen molar-refractivity contribution in [3.8, 4) is 0 Å². The molecular weight excluding hydrogens is 250 g/mol. The van der Waals surface area contributed by atoms with Crippen LogP contribution in [-0.4, -0.2) is 35.5 Å². The summed E-state index contributed by atoms with van der Waals surface area (Å²) in [6, 6.07) is 0. The van der Waals surface area contributed by atoms with Gasteiger partial charge in [0.15, 0.2) is 0 Å². The first kappa shape index (κ1) is 13.4. The van der Waals surface area contributed by atoms with Gasteiger partial charge in [-0.3, -0.25) is 9.97 Å². The van der Waals surface area contributed by atoms with E-state index in [-0.39, 0.29) is 5.75 Å². The van der Waals surface area contributed by atoms with Crippen molar-refractivity contribution in [3.05, 3.63) is 24.3 Å². The molecule has 1 heterocycles. The molecule has 0 N–H and O–H groups in total. The maximum absolute atomic E-state index is 12.2. The molecule has 1 aromatic heterocycles. The molecule has 18 heavy (non-hydrogen) atoms. The molecule has 0 aromatic carbocycles. The van der Waals surface area contributed by atoms with Crippen LogP contribution in [0.5, 0.6) is 0 Å². The number of hydrogen-bond acceptors (Lipinski definition) is 4. The lowest BCUT2D eigenvalue weighted by atomic mass is 10.1. The van der Waals surface area contributed by atoms with Crippen LogP contribution in [0.2, 0.25) is 0 Å². The molecule has 0 unspecified atom stereocenters. The summed E-state index contributed by atoms with van der Waals surface area (Å²) in [5.41, 5.74) is 0.676. The van der Waals surface area contributed by atoms with Crippen molar-refractivity contribution in [2.24, 2.45) is 5.92 Å². The highest BCUT2D eigenvalue weighted by atomic mass is 32.2. The summed E-state index contributed by atoms with van der Waals surface area (Å²) in [6.07, 6.45) is 9.16. The molecule has 0 bridgehead atoms. The van der Waals surface area contributed by atoms with Crippen molar-refractivity contribution in [3.63, 3.8) is 0 Å². The van der Waals surface area contributed by atoms with E-state index in [9.17, 15) is 8.42 Å². The summed E-state index contributed by atoms with van der Waals surface area (Å²) >= 11 is 0. The van der Waals surface area contributed by atoms with E-state index in [2.05, 4.69) is 9.97 Å². The van der Waals surface area contributed by atoms with Crippen LogP contribution < -0.4 is 0 Å². The van der Waals surface area contributed by atoms with Crippen molar-refractivity contribution in [2.45, 2.75) is 32.2 Å². The fourth-order valence-electron chi connectivity index (χ4n) is 2.34. The van der Waals surface area contributed by atoms with E-state index in [1.165, 1.54) is 4.31 Å². The van der Waals surface area contributed by atoms with Gasteiger partial charge in [0, 0.05) is 25.6 Å². The second kappa shape index (κ2) is 5.75. The molecule has 1 aromatic rings. The first-order valence-corrected chi connectivity index (χ1v) is 7.88. The molecule has 1 fully saturated rings. The SMILES string of the molecule is CN(Cc1cnccn1)S(=O)(=O)CC1CCCC1. The zero-order chi connectivity index (χ0) is 13.0. The van der Waals surface area contributed by atoms with Crippen LogP contribution in [0.4, 0.5) is 0 Å². The second-order valence-electron chi connectivity index (χ2n) is 4.88. The lowest BCUT2D eigenvalue weighted by molar-refractivity contribution is 0.449. The highest BCUT2D eigenvalue weighted by Crippen LogP contribution is 2.26. The number of hydrogen-bond donors (Lipinski definition) is 0. The number of aromatic nitrogens is 2. The highest BCUT2D eigenvalue weighted by Gasteiger charge is 2.25. The fraction of sp³-hybridized carbons (Fsp3) is 0.667. The van der Waals surface area contributed by atoms with E-state index < -0.39 is 10.0 Å². The number of nitrogens with zero attached hydrogens (tertiary/aromatic N) is 3. The van der Waals surface area contributed by atoms with Gasteiger partial charge in [-0.15, -0.1) is 0 Å². The smallest absolute Gasteiger partial charge is 0.214 e. The lowest BCUT2D eigenvalue weighted by Crippen LogP contribution is -2.31. The van der Waals surface area contributed by atoms with Gasteiger partial charge >= 0.3 is 0 Å². The van der Waals surface area contributed by atoms with Crippen LogP contribution in [-0.2, 0) is 16.6 Å². The summed E-state index contributed by atoms with van der Waals surface area (Å²) in [7, 11) is -1.57. The first-order chi connectivity index (χ1) is 8.58. The topological polar surface area (TPSA) is 63.2 Å². The van der Waals surface area contributed by atoms with Gasteiger partial charge in [-0.05, 0) is 18.8 Å². The summed E-state index contributed by atoms with van der Waals surface area (Å²) < 4.78 is 25.7. The van der Waals surface area contributed by atoms with E-state index in [4.69, 9.17) is 0 Å². The predicted molar refractivity (Wildman–Crippen MR) is 69.2 cm³/mol. The van der Waals surface area contributed by atoms with Crippen molar-refractivity contribution in [2.75, 3.05) is 12.8 Å². The average Bonchev–Trinajstić information content (AvgIpc) is 2.82. The van der Waals surface area contributed by atoms with Crippen LogP contribution in [0.15, 0.2) is 18.6 Å². The maximum Gasteiger partial charge on any atom is 0.214 e. The molecule has 1 saturated carbocycles. The third kappa shape index (κ3) is 3.49. The largest absolute Gasteiger partial charge is 0.261 e. The Kier molecular flexibility index (Phi) is 4.29. The number of sulfonamides is 1. The molecule has 5 nitrogen and oxygen atoms in total. The summed E-state index contributed by atoms with van der Waals surface area (Å²) in [6.45, 7) is 0.295. The number of rotatable bonds is 5. The molecule has 2 rings (SSSR count). The van der Waals surface area contributed by atoms with Gasteiger partial charge in [0.1, 0.15) is 0 Å². The molecule has 0 radical (unpaired) electrons. The van der Waals surface area contributed by atoms with Crippen LogP contribution in [0.25, 0.3) is 0 Å². The van der Waals surface area contributed by atoms with Crippen molar-refractivity contribution in [1.82, 2.24) is 14.3 Å². The Morgan fingerprint density at radius 1 is 1.33 bits per heavy atom. The van der Waals surface area contributed by atoms with Gasteiger partial charge in [-0.25, -0.2) is 8.42 Å². The second-order valence-corrected chi connectivity index (χ2v) is 7.00. The van der Waals surface area contributed by atoms with Gasteiger partial charge in [-0.1, -0.05) is 12.8 Å². The Labute approximate surface area is 108 Å². The van der Waals surface area contributed by atoms with E-state index in [0.717, 1.165) is 25.7 Å². The minimum atomic E-state index is -3.18. The average molecular weight is 269 g/mol. The Balaban J connectivity index is 1.96. The van der Waals surface area contributed by atoms with E-state index in [1.807, 2.05) is 0 Å². The highest BCUT2D eigenvalue weighted by molar-refractivity contribution is 7.89. The van der Waals surface area contributed by atoms with Gasteiger partial charge in [0.2, 0.25) is 10.0 Å². The Bertz CT molecular complexity index is 469. The monoisotopic (exact) mass is 269 g/mol. The van der Waals surface area contributed by atoms with Gasteiger partial charge in [-0.2, -0.15) is 4.31 Å². The van der Waals surface area contributed by atoms with E-state index >= 15 is 0 Å². The molecule has 100 valence electrons. The quantitative estimate of drug-likeness (QED) is 0.811. The zero-order valence-corrected chi connectivity index (χ0v) is 11.4. The van der Waals surface area contributed by atoms with Crippen molar-refractivity contribution in [1.29, 1.82) is 0 Å². The van der Waals surface area contributed by atoms with Crippen molar-refractivity contribution >= 4 is 10.0 Å². The minimum Gasteiger partial charge on any atom is -0.261 e. The van der Waals surface area contributed by atoms with Crippen molar-refractivity contribution < 1.29 is 8.42 Å². The third-order valence-corrected chi connectivity index (χ3v) is 5.37. The molecular formula is C12H19N3O2S.